The third kappa shape index (κ3) is 2.91. The van der Waals surface area contributed by atoms with Gasteiger partial charge in [0.15, 0.2) is 0 Å². The Morgan fingerprint density at radius 2 is 1.89 bits per heavy atom. The lowest BCUT2D eigenvalue weighted by Crippen LogP contribution is -2.47. The van der Waals surface area contributed by atoms with Crippen molar-refractivity contribution < 1.29 is 0 Å². The van der Waals surface area contributed by atoms with Crippen molar-refractivity contribution in [1.82, 2.24) is 4.90 Å². The van der Waals surface area contributed by atoms with Gasteiger partial charge in [0.05, 0.1) is 5.69 Å². The SMILES string of the molecule is Nc1ccc(N2CCN(CC3CC3)CC2)c(I)c1. The lowest BCUT2D eigenvalue weighted by molar-refractivity contribution is 0.248. The molecule has 18 heavy (non-hydrogen) atoms. The first kappa shape index (κ1) is 12.5. The Morgan fingerprint density at radius 1 is 1.17 bits per heavy atom. The number of piperazine rings is 1. The number of hydrogen-bond donors (Lipinski definition) is 1. The van der Waals surface area contributed by atoms with E-state index in [4.69, 9.17) is 5.73 Å². The van der Waals surface area contributed by atoms with Gasteiger partial charge in [-0.25, -0.2) is 0 Å². The van der Waals surface area contributed by atoms with E-state index in [0.717, 1.165) is 24.7 Å². The van der Waals surface area contributed by atoms with Gasteiger partial charge in [-0.05, 0) is 59.5 Å². The fraction of sp³-hybridized carbons (Fsp3) is 0.571. The maximum Gasteiger partial charge on any atom is 0.0504 e. The minimum atomic E-state index is 0.857. The van der Waals surface area contributed by atoms with Crippen molar-refractivity contribution in [2.24, 2.45) is 5.92 Å². The van der Waals surface area contributed by atoms with Crippen LogP contribution in [0.15, 0.2) is 18.2 Å². The molecule has 1 aromatic rings. The Morgan fingerprint density at radius 3 is 2.50 bits per heavy atom. The van der Waals surface area contributed by atoms with E-state index in [1.807, 2.05) is 6.07 Å². The van der Waals surface area contributed by atoms with Crippen molar-refractivity contribution in [3.8, 4) is 0 Å². The second kappa shape index (κ2) is 5.25. The van der Waals surface area contributed by atoms with Crippen LogP contribution in [0, 0.1) is 9.49 Å². The lowest BCUT2D eigenvalue weighted by Gasteiger charge is -2.36. The zero-order valence-corrected chi connectivity index (χ0v) is 12.8. The van der Waals surface area contributed by atoms with Gasteiger partial charge < -0.3 is 10.6 Å². The number of benzene rings is 1. The first-order chi connectivity index (χ1) is 8.72. The summed E-state index contributed by atoms with van der Waals surface area (Å²) in [5, 5.41) is 0. The van der Waals surface area contributed by atoms with Gasteiger partial charge in [-0.15, -0.1) is 0 Å². The quantitative estimate of drug-likeness (QED) is 0.666. The highest BCUT2D eigenvalue weighted by atomic mass is 127. The van der Waals surface area contributed by atoms with Gasteiger partial charge in [0, 0.05) is 42.0 Å². The molecule has 1 saturated heterocycles. The van der Waals surface area contributed by atoms with Crippen LogP contribution in [0.3, 0.4) is 0 Å². The number of rotatable bonds is 3. The van der Waals surface area contributed by atoms with Crippen LogP contribution in [0.2, 0.25) is 0 Å². The molecule has 0 amide bonds. The summed E-state index contributed by atoms with van der Waals surface area (Å²) in [6, 6.07) is 6.23. The monoisotopic (exact) mass is 357 g/mol. The molecule has 0 bridgehead atoms. The molecule has 0 atom stereocenters. The van der Waals surface area contributed by atoms with Crippen LogP contribution in [-0.4, -0.2) is 37.6 Å². The van der Waals surface area contributed by atoms with E-state index in [1.54, 1.807) is 0 Å². The predicted molar refractivity (Wildman–Crippen MR) is 84.9 cm³/mol. The highest BCUT2D eigenvalue weighted by Gasteiger charge is 2.26. The van der Waals surface area contributed by atoms with Crippen molar-refractivity contribution in [3.05, 3.63) is 21.8 Å². The van der Waals surface area contributed by atoms with E-state index >= 15 is 0 Å². The zero-order chi connectivity index (χ0) is 12.5. The van der Waals surface area contributed by atoms with Crippen LogP contribution in [-0.2, 0) is 0 Å². The Balaban J connectivity index is 1.60. The molecule has 98 valence electrons. The molecule has 0 spiro atoms. The Labute approximate surface area is 122 Å². The van der Waals surface area contributed by atoms with Crippen LogP contribution in [0.4, 0.5) is 11.4 Å². The molecule has 2 fully saturated rings. The molecule has 1 saturated carbocycles. The summed E-state index contributed by atoms with van der Waals surface area (Å²) in [5.41, 5.74) is 8.01. The van der Waals surface area contributed by atoms with Crippen molar-refractivity contribution in [1.29, 1.82) is 0 Å². The summed E-state index contributed by atoms with van der Waals surface area (Å²) in [6.45, 7) is 6.03. The van der Waals surface area contributed by atoms with Crippen LogP contribution < -0.4 is 10.6 Å². The number of nitrogen functional groups attached to an aromatic ring is 1. The molecule has 1 aliphatic carbocycles. The van der Waals surface area contributed by atoms with E-state index in [9.17, 15) is 0 Å². The molecule has 2 aliphatic rings. The average Bonchev–Trinajstić information content (AvgIpc) is 3.15. The number of nitrogens with zero attached hydrogens (tertiary/aromatic N) is 2. The van der Waals surface area contributed by atoms with Crippen molar-refractivity contribution in [3.63, 3.8) is 0 Å². The van der Waals surface area contributed by atoms with Gasteiger partial charge in [-0.2, -0.15) is 0 Å². The standard InChI is InChI=1S/C14H20IN3/c15-13-9-12(16)3-4-14(13)18-7-5-17(6-8-18)10-11-1-2-11/h3-4,9,11H,1-2,5-8,10,16H2. The topological polar surface area (TPSA) is 32.5 Å². The molecule has 1 aromatic carbocycles. The summed E-state index contributed by atoms with van der Waals surface area (Å²) in [7, 11) is 0. The van der Waals surface area contributed by atoms with Crippen molar-refractivity contribution in [2.75, 3.05) is 43.4 Å². The van der Waals surface area contributed by atoms with E-state index in [1.165, 1.54) is 41.7 Å². The maximum atomic E-state index is 5.81. The van der Waals surface area contributed by atoms with Gasteiger partial charge >= 0.3 is 0 Å². The molecule has 1 aliphatic heterocycles. The number of nitrogens with two attached hydrogens (primary N) is 1. The fourth-order valence-corrected chi connectivity index (χ4v) is 3.50. The van der Waals surface area contributed by atoms with Crippen LogP contribution in [0.25, 0.3) is 0 Å². The maximum absolute atomic E-state index is 5.81. The molecule has 3 nitrogen and oxygen atoms in total. The van der Waals surface area contributed by atoms with E-state index in [0.29, 0.717) is 0 Å². The van der Waals surface area contributed by atoms with Crippen molar-refractivity contribution in [2.45, 2.75) is 12.8 Å². The normalized spacial score (nSPS) is 21.3. The average molecular weight is 357 g/mol. The largest absolute Gasteiger partial charge is 0.399 e. The smallest absolute Gasteiger partial charge is 0.0504 e. The van der Waals surface area contributed by atoms with Gasteiger partial charge in [0.1, 0.15) is 0 Å². The summed E-state index contributed by atoms with van der Waals surface area (Å²) in [4.78, 5) is 5.11. The highest BCUT2D eigenvalue weighted by molar-refractivity contribution is 14.1. The molecule has 2 N–H and O–H groups in total. The molecule has 0 unspecified atom stereocenters. The third-order valence-electron chi connectivity index (χ3n) is 3.90. The molecule has 0 aromatic heterocycles. The van der Waals surface area contributed by atoms with Crippen LogP contribution in [0.1, 0.15) is 12.8 Å². The molecule has 0 radical (unpaired) electrons. The molecular weight excluding hydrogens is 337 g/mol. The molecule has 1 heterocycles. The van der Waals surface area contributed by atoms with Crippen LogP contribution in [0.5, 0.6) is 0 Å². The Kier molecular flexibility index (Phi) is 3.66. The number of anilines is 2. The highest BCUT2D eigenvalue weighted by Crippen LogP contribution is 2.31. The Bertz CT molecular complexity index is 423. The number of hydrogen-bond acceptors (Lipinski definition) is 3. The summed E-state index contributed by atoms with van der Waals surface area (Å²) >= 11 is 2.39. The summed E-state index contributed by atoms with van der Waals surface area (Å²) < 4.78 is 1.27. The summed E-state index contributed by atoms with van der Waals surface area (Å²) in [6.07, 6.45) is 2.91. The Hall–Kier alpha value is -0.490. The minimum Gasteiger partial charge on any atom is -0.399 e. The zero-order valence-electron chi connectivity index (χ0n) is 10.6. The van der Waals surface area contributed by atoms with Gasteiger partial charge in [0.2, 0.25) is 0 Å². The molecule has 3 rings (SSSR count). The first-order valence-electron chi connectivity index (χ1n) is 6.75. The van der Waals surface area contributed by atoms with Gasteiger partial charge in [-0.1, -0.05) is 0 Å². The molecule has 4 heteroatoms. The van der Waals surface area contributed by atoms with E-state index < -0.39 is 0 Å². The van der Waals surface area contributed by atoms with E-state index in [2.05, 4.69) is 44.5 Å². The van der Waals surface area contributed by atoms with Crippen molar-refractivity contribution >= 4 is 34.0 Å². The van der Waals surface area contributed by atoms with Gasteiger partial charge in [-0.3, -0.25) is 4.90 Å². The minimum absolute atomic E-state index is 0.857. The second-order valence-corrected chi connectivity index (χ2v) is 6.60. The molecular formula is C14H20IN3. The number of halogens is 1. The predicted octanol–water partition coefficient (Wildman–Crippen LogP) is 2.41. The lowest BCUT2D eigenvalue weighted by atomic mass is 10.2. The van der Waals surface area contributed by atoms with Crippen LogP contribution >= 0.6 is 22.6 Å². The fourth-order valence-electron chi connectivity index (χ4n) is 2.62. The summed E-state index contributed by atoms with van der Waals surface area (Å²) in [5.74, 6) is 1.01. The first-order valence-corrected chi connectivity index (χ1v) is 7.82. The second-order valence-electron chi connectivity index (χ2n) is 5.44. The van der Waals surface area contributed by atoms with E-state index in [-0.39, 0.29) is 0 Å². The third-order valence-corrected chi connectivity index (χ3v) is 4.76. The van der Waals surface area contributed by atoms with Gasteiger partial charge in [0.25, 0.3) is 0 Å².